The average Bonchev–Trinajstić information content (AvgIpc) is 3.49. The number of Topliss-reactive ketones (excluding diaryl/α,β-unsaturated/α-hetero) is 1. The third-order valence-electron chi connectivity index (χ3n) is 5.28. The molecule has 2 aliphatic heterocycles. The second kappa shape index (κ2) is 10.2. The molecule has 0 aliphatic carbocycles. The van der Waals surface area contributed by atoms with E-state index in [1.54, 1.807) is 0 Å². The summed E-state index contributed by atoms with van der Waals surface area (Å²) in [6, 6.07) is 11.3. The van der Waals surface area contributed by atoms with Gasteiger partial charge in [-0.1, -0.05) is 47.5 Å². The maximum absolute atomic E-state index is 13.8. The zero-order chi connectivity index (χ0) is 27.8. The molecule has 2 atom stereocenters. The summed E-state index contributed by atoms with van der Waals surface area (Å²) in [7, 11) is 0. The highest BCUT2D eigenvalue weighted by Gasteiger charge is 2.60. The number of rotatable bonds is 8. The number of halogens is 8. The van der Waals surface area contributed by atoms with Crippen molar-refractivity contribution in [2.75, 3.05) is 13.2 Å². The first kappa shape index (κ1) is 27.9. The molecule has 15 heteroatoms. The number of carbonyl (C=O) groups excluding carboxylic acids is 1. The van der Waals surface area contributed by atoms with Crippen molar-refractivity contribution in [3.8, 4) is 0 Å². The molecule has 0 spiro atoms. The summed E-state index contributed by atoms with van der Waals surface area (Å²) in [5.74, 6) is -1.25. The standard InChI is InChI=1S/C23H14Cl2F6N4O3/c24-15-5-1-13(2-6-15)18-9-20(34-32-18,22(26,27)28)37-11-17(36)12-38-21(23(29,30)31)10-19(33-35-21)14-3-7-16(25)8-4-14/h1-10H,11-12H2. The van der Waals surface area contributed by atoms with Crippen LogP contribution in [0.4, 0.5) is 26.3 Å². The smallest absolute Gasteiger partial charge is 0.334 e. The van der Waals surface area contributed by atoms with Gasteiger partial charge in [0.05, 0.1) is 11.4 Å². The summed E-state index contributed by atoms with van der Waals surface area (Å²) in [6.07, 6.45) is -9.19. The van der Waals surface area contributed by atoms with Crippen molar-refractivity contribution in [2.45, 2.75) is 23.8 Å². The fraction of sp³-hybridized carbons (Fsp3) is 0.261. The highest BCUT2D eigenvalue weighted by molar-refractivity contribution is 6.30. The van der Waals surface area contributed by atoms with Crippen LogP contribution in [0.25, 0.3) is 11.4 Å². The third kappa shape index (κ3) is 5.65. The van der Waals surface area contributed by atoms with Gasteiger partial charge in [-0.05, 0) is 24.3 Å². The zero-order valence-corrected chi connectivity index (χ0v) is 20.2. The second-order valence-corrected chi connectivity index (χ2v) is 8.85. The molecule has 0 saturated heterocycles. The van der Waals surface area contributed by atoms with Gasteiger partial charge in [0.15, 0.2) is 5.78 Å². The largest absolute Gasteiger partial charge is 0.444 e. The molecule has 0 saturated carbocycles. The van der Waals surface area contributed by atoms with E-state index in [9.17, 15) is 31.1 Å². The summed E-state index contributed by atoms with van der Waals surface area (Å²) >= 11 is 11.5. The van der Waals surface area contributed by atoms with E-state index < -0.39 is 42.8 Å². The topological polar surface area (TPSA) is 85.0 Å². The van der Waals surface area contributed by atoms with Gasteiger partial charge in [0.1, 0.15) is 13.2 Å². The summed E-state index contributed by atoms with van der Waals surface area (Å²) < 4.78 is 92.4. The molecule has 0 fully saturated rings. The maximum Gasteiger partial charge on any atom is 0.444 e. The van der Waals surface area contributed by atoms with Crippen molar-refractivity contribution in [1.29, 1.82) is 0 Å². The predicted octanol–water partition coefficient (Wildman–Crippen LogP) is 7.43. The number of hydrogen-bond donors (Lipinski definition) is 0. The van der Waals surface area contributed by atoms with E-state index in [4.69, 9.17) is 32.7 Å². The molecule has 0 radical (unpaired) electrons. The molecule has 2 aromatic rings. The summed E-state index contributed by atoms with van der Waals surface area (Å²) in [5.41, 5.74) is -6.58. The first-order valence-corrected chi connectivity index (χ1v) is 11.3. The fourth-order valence-corrected chi connectivity index (χ4v) is 3.52. The highest BCUT2D eigenvalue weighted by Crippen LogP contribution is 2.44. The lowest BCUT2D eigenvalue weighted by molar-refractivity contribution is -0.259. The maximum atomic E-state index is 13.8. The lowest BCUT2D eigenvalue weighted by Crippen LogP contribution is -2.46. The van der Waals surface area contributed by atoms with Crippen molar-refractivity contribution < 1.29 is 40.6 Å². The summed E-state index contributed by atoms with van der Waals surface area (Å²) in [5, 5.41) is 14.0. The fourth-order valence-electron chi connectivity index (χ4n) is 3.27. The second-order valence-electron chi connectivity index (χ2n) is 7.98. The molecular weight excluding hydrogens is 565 g/mol. The lowest BCUT2D eigenvalue weighted by Gasteiger charge is -2.27. The number of nitrogens with zero attached hydrogens (tertiary/aromatic N) is 4. The monoisotopic (exact) mass is 578 g/mol. The van der Waals surface area contributed by atoms with Crippen LogP contribution in [0, 0.1) is 0 Å². The third-order valence-corrected chi connectivity index (χ3v) is 5.78. The Morgan fingerprint density at radius 1 is 0.684 bits per heavy atom. The van der Waals surface area contributed by atoms with E-state index in [0.29, 0.717) is 22.2 Å². The highest BCUT2D eigenvalue weighted by atomic mass is 35.5. The minimum absolute atomic E-state index is 0.204. The Labute approximate surface area is 220 Å². The number of carbonyl (C=O) groups is 1. The molecule has 2 heterocycles. The molecule has 4 rings (SSSR count). The van der Waals surface area contributed by atoms with E-state index in [-0.39, 0.29) is 22.5 Å². The van der Waals surface area contributed by atoms with E-state index in [1.807, 2.05) is 0 Å². The van der Waals surface area contributed by atoms with Crippen LogP contribution in [0.2, 0.25) is 10.0 Å². The predicted molar refractivity (Wildman–Crippen MR) is 123 cm³/mol. The van der Waals surface area contributed by atoms with Gasteiger partial charge in [-0.2, -0.15) is 36.6 Å². The first-order chi connectivity index (χ1) is 17.7. The van der Waals surface area contributed by atoms with Crippen molar-refractivity contribution >= 4 is 40.4 Å². The Balaban J connectivity index is 1.47. The van der Waals surface area contributed by atoms with Crippen LogP contribution in [-0.4, -0.2) is 42.8 Å². The van der Waals surface area contributed by atoms with Crippen LogP contribution in [0.3, 0.4) is 0 Å². The van der Waals surface area contributed by atoms with Gasteiger partial charge in [-0.25, -0.2) is 0 Å². The van der Waals surface area contributed by atoms with Crippen molar-refractivity contribution in [3.63, 3.8) is 0 Å². The molecule has 38 heavy (non-hydrogen) atoms. The van der Waals surface area contributed by atoms with Gasteiger partial charge in [0.2, 0.25) is 0 Å². The summed E-state index contributed by atoms with van der Waals surface area (Å²) in [6.45, 7) is -2.58. The Morgan fingerprint density at radius 3 is 1.34 bits per heavy atom. The molecule has 0 amide bonds. The molecule has 0 bridgehead atoms. The van der Waals surface area contributed by atoms with Crippen LogP contribution in [0.1, 0.15) is 11.1 Å². The number of benzene rings is 2. The van der Waals surface area contributed by atoms with Gasteiger partial charge in [-0.3, -0.25) is 4.79 Å². The molecule has 2 aliphatic rings. The van der Waals surface area contributed by atoms with Gasteiger partial charge >= 0.3 is 12.4 Å². The normalized spacial score (nSPS) is 23.1. The number of alkyl halides is 6. The van der Waals surface area contributed by atoms with E-state index >= 15 is 0 Å². The molecule has 7 nitrogen and oxygen atoms in total. The Morgan fingerprint density at radius 2 is 1.03 bits per heavy atom. The molecule has 0 N–H and O–H groups in total. The van der Waals surface area contributed by atoms with Crippen LogP contribution in [-0.2, 0) is 14.3 Å². The minimum atomic E-state index is -5.14. The van der Waals surface area contributed by atoms with Gasteiger partial charge in [-0.15, -0.1) is 10.2 Å². The molecule has 0 aromatic heterocycles. The van der Waals surface area contributed by atoms with Gasteiger partial charge < -0.3 is 9.47 Å². The van der Waals surface area contributed by atoms with Crippen LogP contribution in [0.15, 0.2) is 81.1 Å². The number of azo groups is 2. The number of ether oxygens (including phenoxy) is 2. The van der Waals surface area contributed by atoms with Crippen LogP contribution < -0.4 is 0 Å². The first-order valence-electron chi connectivity index (χ1n) is 10.5. The Kier molecular flexibility index (Phi) is 7.49. The van der Waals surface area contributed by atoms with Crippen molar-refractivity contribution in [1.82, 2.24) is 0 Å². The lowest BCUT2D eigenvalue weighted by atomic mass is 10.1. The van der Waals surface area contributed by atoms with Crippen molar-refractivity contribution in [2.24, 2.45) is 20.5 Å². The Hall–Kier alpha value is -3.13. The van der Waals surface area contributed by atoms with E-state index in [1.165, 1.54) is 48.5 Å². The molecular formula is C23H14Cl2F6N4O3. The number of hydrogen-bond acceptors (Lipinski definition) is 7. The quantitative estimate of drug-likeness (QED) is 0.305. The molecule has 2 aromatic carbocycles. The Bertz CT molecular complexity index is 1240. The van der Waals surface area contributed by atoms with Gasteiger partial charge in [0, 0.05) is 33.3 Å². The minimum Gasteiger partial charge on any atom is -0.334 e. The SMILES string of the molecule is O=C(COC1(C(F)(F)F)C=C(c2ccc(Cl)cc2)N=N1)COC1(C(F)(F)F)C=C(c2ccc(Cl)cc2)N=N1. The number of ketones is 1. The van der Waals surface area contributed by atoms with Crippen LogP contribution in [0.5, 0.6) is 0 Å². The molecule has 2 unspecified atom stereocenters. The zero-order valence-electron chi connectivity index (χ0n) is 18.7. The van der Waals surface area contributed by atoms with E-state index in [0.717, 1.165) is 0 Å². The van der Waals surface area contributed by atoms with Crippen molar-refractivity contribution in [3.05, 3.63) is 81.9 Å². The molecule has 200 valence electrons. The average molecular weight is 579 g/mol. The van der Waals surface area contributed by atoms with Crippen LogP contribution >= 0.6 is 23.2 Å². The van der Waals surface area contributed by atoms with E-state index in [2.05, 4.69) is 20.5 Å². The summed E-state index contributed by atoms with van der Waals surface area (Å²) in [4.78, 5) is 12.3. The van der Waals surface area contributed by atoms with Gasteiger partial charge in [0.25, 0.3) is 11.4 Å².